The van der Waals surface area contributed by atoms with Gasteiger partial charge in [-0.2, -0.15) is 0 Å². The molecule has 1 nitrogen and oxygen atoms in total. The van der Waals surface area contributed by atoms with Crippen LogP contribution < -0.4 is 0 Å². The highest BCUT2D eigenvalue weighted by molar-refractivity contribution is 5.96. The molecule has 0 unspecified atom stereocenters. The van der Waals surface area contributed by atoms with E-state index in [1.54, 1.807) is 0 Å². The first kappa shape index (κ1) is 10.8. The highest BCUT2D eigenvalue weighted by Gasteiger charge is 2.13. The molecule has 3 heteroatoms. The van der Waals surface area contributed by atoms with E-state index in [4.69, 9.17) is 0 Å². The summed E-state index contributed by atoms with van der Waals surface area (Å²) in [6.45, 7) is 3.28. The van der Waals surface area contributed by atoms with Gasteiger partial charge in [-0.15, -0.1) is 0 Å². The second-order valence-electron chi connectivity index (χ2n) is 3.25. The van der Waals surface area contributed by atoms with Crippen LogP contribution in [0.2, 0.25) is 0 Å². The Kier molecular flexibility index (Phi) is 3.33. The Bertz CT molecular complexity index is 359. The molecule has 0 aliphatic carbocycles. The normalized spacial score (nSPS) is 10.3. The van der Waals surface area contributed by atoms with Crippen LogP contribution in [0.3, 0.4) is 0 Å². The van der Waals surface area contributed by atoms with Crippen molar-refractivity contribution in [1.29, 1.82) is 0 Å². The number of rotatable bonds is 3. The lowest BCUT2D eigenvalue weighted by molar-refractivity contribution is 0.0977. The summed E-state index contributed by atoms with van der Waals surface area (Å²) < 4.78 is 26.3. The van der Waals surface area contributed by atoms with Crippen LogP contribution in [-0.4, -0.2) is 5.78 Å². The van der Waals surface area contributed by atoms with E-state index in [1.165, 1.54) is 6.92 Å². The third kappa shape index (κ3) is 2.16. The molecule has 0 bridgehead atoms. The van der Waals surface area contributed by atoms with Crippen LogP contribution in [0.4, 0.5) is 8.78 Å². The number of aryl methyl sites for hydroxylation is 1. The molecule has 0 saturated carbocycles. The predicted molar refractivity (Wildman–Crippen MR) is 50.3 cm³/mol. The van der Waals surface area contributed by atoms with Crippen LogP contribution in [0.5, 0.6) is 0 Å². The summed E-state index contributed by atoms with van der Waals surface area (Å²) in [6.07, 6.45) is 0.882. The molecule has 0 amide bonds. The Balaban J connectivity index is 3.09. The van der Waals surface area contributed by atoms with Crippen LogP contribution in [-0.2, 0) is 0 Å². The van der Waals surface area contributed by atoms with E-state index >= 15 is 0 Å². The quantitative estimate of drug-likeness (QED) is 0.681. The van der Waals surface area contributed by atoms with Gasteiger partial charge in [0.15, 0.2) is 5.78 Å². The van der Waals surface area contributed by atoms with Crippen LogP contribution in [0.15, 0.2) is 12.1 Å². The molecular weight excluding hydrogens is 186 g/mol. The van der Waals surface area contributed by atoms with Gasteiger partial charge in [0.1, 0.15) is 11.6 Å². The highest BCUT2D eigenvalue weighted by Crippen LogP contribution is 2.16. The Morgan fingerprint density at radius 3 is 2.50 bits per heavy atom. The van der Waals surface area contributed by atoms with E-state index in [0.29, 0.717) is 6.42 Å². The van der Waals surface area contributed by atoms with E-state index in [-0.39, 0.29) is 23.3 Å². The standard InChI is InChI=1S/C11H12F2O/c1-3-4-11(14)8-6-9(12)7(2)5-10(8)13/h5-6H,3-4H2,1-2H3. The van der Waals surface area contributed by atoms with E-state index < -0.39 is 11.6 Å². The van der Waals surface area contributed by atoms with Gasteiger partial charge in [-0.05, 0) is 31.0 Å². The lowest BCUT2D eigenvalue weighted by Gasteiger charge is -2.03. The van der Waals surface area contributed by atoms with Gasteiger partial charge in [-0.25, -0.2) is 8.78 Å². The fourth-order valence-corrected chi connectivity index (χ4v) is 1.22. The molecule has 0 spiro atoms. The van der Waals surface area contributed by atoms with Crippen molar-refractivity contribution in [3.05, 3.63) is 34.9 Å². The van der Waals surface area contributed by atoms with E-state index in [0.717, 1.165) is 12.1 Å². The smallest absolute Gasteiger partial charge is 0.165 e. The van der Waals surface area contributed by atoms with Crippen molar-refractivity contribution in [2.75, 3.05) is 0 Å². The summed E-state index contributed by atoms with van der Waals surface area (Å²) in [5.41, 5.74) is 0.0745. The number of hydrogen-bond donors (Lipinski definition) is 0. The van der Waals surface area contributed by atoms with Gasteiger partial charge < -0.3 is 0 Å². The first-order chi connectivity index (χ1) is 6.56. The molecule has 0 aliphatic rings. The lowest BCUT2D eigenvalue weighted by Crippen LogP contribution is -2.03. The summed E-state index contributed by atoms with van der Waals surface area (Å²) in [7, 11) is 0. The fraction of sp³-hybridized carbons (Fsp3) is 0.364. The summed E-state index contributed by atoms with van der Waals surface area (Å²) in [4.78, 5) is 11.3. The van der Waals surface area contributed by atoms with Gasteiger partial charge in [0.25, 0.3) is 0 Å². The molecule has 76 valence electrons. The minimum atomic E-state index is -0.637. The summed E-state index contributed by atoms with van der Waals surface area (Å²) >= 11 is 0. The number of benzene rings is 1. The fourth-order valence-electron chi connectivity index (χ4n) is 1.22. The zero-order valence-corrected chi connectivity index (χ0v) is 8.23. The third-order valence-electron chi connectivity index (χ3n) is 2.03. The Morgan fingerprint density at radius 1 is 1.29 bits per heavy atom. The van der Waals surface area contributed by atoms with Crippen LogP contribution in [0.25, 0.3) is 0 Å². The molecule has 0 aromatic heterocycles. The summed E-state index contributed by atoms with van der Waals surface area (Å²) in [6, 6.07) is 2.03. The van der Waals surface area contributed by atoms with E-state index in [1.807, 2.05) is 6.92 Å². The molecular formula is C11H12F2O. The maximum atomic E-state index is 13.2. The minimum absolute atomic E-state index is 0.144. The van der Waals surface area contributed by atoms with Gasteiger partial charge in [0.2, 0.25) is 0 Å². The first-order valence-electron chi connectivity index (χ1n) is 4.55. The molecule has 0 atom stereocenters. The molecule has 0 radical (unpaired) electrons. The van der Waals surface area contributed by atoms with Crippen molar-refractivity contribution in [2.24, 2.45) is 0 Å². The molecule has 1 aromatic rings. The molecule has 1 rings (SSSR count). The van der Waals surface area contributed by atoms with Gasteiger partial charge in [-0.3, -0.25) is 4.79 Å². The molecule has 0 N–H and O–H groups in total. The Hall–Kier alpha value is -1.25. The monoisotopic (exact) mass is 198 g/mol. The van der Waals surface area contributed by atoms with Gasteiger partial charge in [0.05, 0.1) is 5.56 Å². The zero-order chi connectivity index (χ0) is 10.7. The van der Waals surface area contributed by atoms with Crippen LogP contribution in [0.1, 0.15) is 35.7 Å². The molecule has 0 fully saturated rings. The Labute approximate surface area is 81.7 Å². The molecule has 1 aromatic carbocycles. The molecule has 14 heavy (non-hydrogen) atoms. The largest absolute Gasteiger partial charge is 0.294 e. The predicted octanol–water partition coefficient (Wildman–Crippen LogP) is 3.26. The number of ketones is 1. The van der Waals surface area contributed by atoms with Gasteiger partial charge >= 0.3 is 0 Å². The van der Waals surface area contributed by atoms with Crippen molar-refractivity contribution in [3.8, 4) is 0 Å². The number of halogens is 2. The lowest BCUT2D eigenvalue weighted by atomic mass is 10.0. The number of carbonyl (C=O) groups excluding carboxylic acids is 1. The SMILES string of the molecule is CCCC(=O)c1cc(F)c(C)cc1F. The minimum Gasteiger partial charge on any atom is -0.294 e. The molecule has 0 aliphatic heterocycles. The van der Waals surface area contributed by atoms with Crippen LogP contribution >= 0.6 is 0 Å². The number of carbonyl (C=O) groups is 1. The van der Waals surface area contributed by atoms with Gasteiger partial charge in [-0.1, -0.05) is 6.92 Å². The third-order valence-corrected chi connectivity index (χ3v) is 2.03. The van der Waals surface area contributed by atoms with Crippen molar-refractivity contribution in [3.63, 3.8) is 0 Å². The maximum Gasteiger partial charge on any atom is 0.165 e. The second-order valence-corrected chi connectivity index (χ2v) is 3.25. The van der Waals surface area contributed by atoms with Crippen molar-refractivity contribution in [1.82, 2.24) is 0 Å². The average molecular weight is 198 g/mol. The number of Topliss-reactive ketones (excluding diaryl/α,β-unsaturated/α-hetero) is 1. The van der Waals surface area contributed by atoms with Crippen LogP contribution in [0, 0.1) is 18.6 Å². The topological polar surface area (TPSA) is 17.1 Å². The van der Waals surface area contributed by atoms with E-state index in [9.17, 15) is 13.6 Å². The summed E-state index contributed by atoms with van der Waals surface area (Å²) in [5.74, 6) is -1.52. The van der Waals surface area contributed by atoms with Crippen molar-refractivity contribution in [2.45, 2.75) is 26.7 Å². The molecule has 0 saturated heterocycles. The number of hydrogen-bond acceptors (Lipinski definition) is 1. The van der Waals surface area contributed by atoms with Gasteiger partial charge in [0, 0.05) is 6.42 Å². The van der Waals surface area contributed by atoms with Crippen molar-refractivity contribution >= 4 is 5.78 Å². The highest BCUT2D eigenvalue weighted by atomic mass is 19.1. The zero-order valence-electron chi connectivity index (χ0n) is 8.23. The average Bonchev–Trinajstić information content (AvgIpc) is 2.11. The maximum absolute atomic E-state index is 13.2. The second kappa shape index (κ2) is 4.31. The van der Waals surface area contributed by atoms with Crippen molar-refractivity contribution < 1.29 is 13.6 Å². The first-order valence-corrected chi connectivity index (χ1v) is 4.55. The Morgan fingerprint density at radius 2 is 1.93 bits per heavy atom. The summed E-state index contributed by atoms with van der Waals surface area (Å²) in [5, 5.41) is 0. The van der Waals surface area contributed by atoms with E-state index in [2.05, 4.69) is 0 Å². The molecule has 0 heterocycles.